The van der Waals surface area contributed by atoms with E-state index in [0.29, 0.717) is 0 Å². The van der Waals surface area contributed by atoms with Gasteiger partial charge in [-0.15, -0.1) is 0 Å². The quantitative estimate of drug-likeness (QED) is 0.728. The smallest absolute Gasteiger partial charge is 0.0280 e. The molecule has 0 radical (unpaired) electrons. The van der Waals surface area contributed by atoms with Crippen LogP contribution in [0.3, 0.4) is 0 Å². The number of hydrogen-bond donors (Lipinski definition) is 0. The zero-order valence-electron chi connectivity index (χ0n) is 14.7. The molecule has 0 amide bonds. The maximum atomic E-state index is 3.00. The first kappa shape index (κ1) is 15.0. The van der Waals surface area contributed by atoms with Gasteiger partial charge in [0, 0.05) is 31.7 Å². The average molecular weight is 315 g/mol. The van der Waals surface area contributed by atoms with Crippen LogP contribution in [0.2, 0.25) is 0 Å². The molecule has 128 valence electrons. The third-order valence-electron chi connectivity index (χ3n) is 7.92. The number of rotatable bonds is 3. The summed E-state index contributed by atoms with van der Waals surface area (Å²) in [5.41, 5.74) is 0. The molecular weight excluding hydrogens is 280 g/mol. The molecule has 2 heterocycles. The van der Waals surface area contributed by atoms with E-state index < -0.39 is 0 Å². The molecule has 0 aromatic carbocycles. The second-order valence-electron chi connectivity index (χ2n) is 9.17. The summed E-state index contributed by atoms with van der Waals surface area (Å²) in [6, 6.07) is 1.80. The molecule has 0 N–H and O–H groups in total. The lowest BCUT2D eigenvalue weighted by Crippen LogP contribution is -2.61. The fourth-order valence-corrected chi connectivity index (χ4v) is 6.87. The highest BCUT2D eigenvalue weighted by molar-refractivity contribution is 5.11. The summed E-state index contributed by atoms with van der Waals surface area (Å²) in [4.78, 5) is 5.86. The zero-order valence-corrected chi connectivity index (χ0v) is 14.7. The van der Waals surface area contributed by atoms with Gasteiger partial charge in [-0.25, -0.2) is 0 Å². The molecule has 2 nitrogen and oxygen atoms in total. The molecule has 0 aromatic rings. The van der Waals surface area contributed by atoms with Crippen LogP contribution < -0.4 is 0 Å². The molecule has 0 aromatic heterocycles. The normalized spacial score (nSPS) is 45.0. The van der Waals surface area contributed by atoms with E-state index in [1.807, 2.05) is 0 Å². The Bertz CT molecular complexity index is 453. The van der Waals surface area contributed by atoms with E-state index in [9.17, 15) is 0 Å². The van der Waals surface area contributed by atoms with Gasteiger partial charge in [0.1, 0.15) is 0 Å². The standard InChI is InChI=1S/C21H34N2/c1-2-5-17(6-3-1)21-20-7-4-10-22(20)11-12-23(21)15-19-14-16-8-9-18(19)13-16/h8-9,16-21H,1-7,10-15H2/t16-,18-,19+,20-,21+/m0/s1. The Morgan fingerprint density at radius 1 is 0.826 bits per heavy atom. The van der Waals surface area contributed by atoms with Crippen LogP contribution in [-0.2, 0) is 0 Å². The molecule has 4 fully saturated rings. The van der Waals surface area contributed by atoms with Gasteiger partial charge < -0.3 is 0 Å². The highest BCUT2D eigenvalue weighted by Crippen LogP contribution is 2.45. The summed E-state index contributed by atoms with van der Waals surface area (Å²) in [7, 11) is 0. The first-order valence-electron chi connectivity index (χ1n) is 10.5. The van der Waals surface area contributed by atoms with Gasteiger partial charge in [-0.2, -0.15) is 0 Å². The maximum absolute atomic E-state index is 3.00. The second kappa shape index (κ2) is 6.19. The van der Waals surface area contributed by atoms with Gasteiger partial charge >= 0.3 is 0 Å². The largest absolute Gasteiger partial charge is 0.298 e. The zero-order chi connectivity index (χ0) is 15.2. The SMILES string of the molecule is C1=C[C@H]2C[C@H]1C[C@@H]2CN1CCN2CCC[C@H]2[C@H]1C1CCCCC1. The molecule has 5 rings (SSSR count). The molecule has 3 aliphatic carbocycles. The Morgan fingerprint density at radius 2 is 1.74 bits per heavy atom. The minimum Gasteiger partial charge on any atom is -0.298 e. The highest BCUT2D eigenvalue weighted by atomic mass is 15.3. The fourth-order valence-electron chi connectivity index (χ4n) is 6.87. The molecular formula is C21H34N2. The number of nitrogens with zero attached hydrogens (tertiary/aromatic N) is 2. The Morgan fingerprint density at radius 3 is 2.52 bits per heavy atom. The minimum absolute atomic E-state index is 0.898. The predicted molar refractivity (Wildman–Crippen MR) is 95.4 cm³/mol. The van der Waals surface area contributed by atoms with Crippen LogP contribution >= 0.6 is 0 Å². The molecule has 2 heteroatoms. The lowest BCUT2D eigenvalue weighted by atomic mass is 9.78. The van der Waals surface area contributed by atoms with Crippen molar-refractivity contribution in [2.24, 2.45) is 23.7 Å². The Hall–Kier alpha value is -0.340. The van der Waals surface area contributed by atoms with Crippen molar-refractivity contribution < 1.29 is 0 Å². The van der Waals surface area contributed by atoms with E-state index in [1.165, 1.54) is 84.0 Å². The van der Waals surface area contributed by atoms with Crippen molar-refractivity contribution in [1.29, 1.82) is 0 Å². The van der Waals surface area contributed by atoms with Gasteiger partial charge in [0.25, 0.3) is 0 Å². The molecule has 2 bridgehead atoms. The lowest BCUT2D eigenvalue weighted by molar-refractivity contribution is -0.00913. The van der Waals surface area contributed by atoms with Gasteiger partial charge in [-0.05, 0) is 68.7 Å². The summed E-state index contributed by atoms with van der Waals surface area (Å²) >= 11 is 0. The maximum Gasteiger partial charge on any atom is 0.0280 e. The van der Waals surface area contributed by atoms with Crippen molar-refractivity contribution in [2.45, 2.75) is 69.9 Å². The van der Waals surface area contributed by atoms with Crippen LogP contribution in [0, 0.1) is 23.7 Å². The van der Waals surface area contributed by atoms with Crippen LogP contribution in [0.25, 0.3) is 0 Å². The van der Waals surface area contributed by atoms with E-state index in [0.717, 1.165) is 35.8 Å². The van der Waals surface area contributed by atoms with Crippen molar-refractivity contribution in [2.75, 3.05) is 26.2 Å². The molecule has 2 aliphatic heterocycles. The Balaban J connectivity index is 1.33. The van der Waals surface area contributed by atoms with E-state index in [1.54, 1.807) is 0 Å². The Labute approximate surface area is 142 Å². The number of piperazine rings is 1. The summed E-state index contributed by atoms with van der Waals surface area (Å²) in [6.07, 6.45) is 18.5. The Kier molecular flexibility index (Phi) is 4.02. The molecule has 5 aliphatic rings. The topological polar surface area (TPSA) is 6.48 Å². The van der Waals surface area contributed by atoms with E-state index in [4.69, 9.17) is 0 Å². The highest BCUT2D eigenvalue weighted by Gasteiger charge is 2.45. The third kappa shape index (κ3) is 2.70. The van der Waals surface area contributed by atoms with E-state index >= 15 is 0 Å². The molecule has 0 spiro atoms. The van der Waals surface area contributed by atoms with Crippen LogP contribution in [0.5, 0.6) is 0 Å². The van der Waals surface area contributed by atoms with E-state index in [-0.39, 0.29) is 0 Å². The van der Waals surface area contributed by atoms with Gasteiger partial charge in [-0.3, -0.25) is 9.80 Å². The molecule has 23 heavy (non-hydrogen) atoms. The molecule has 5 atom stereocenters. The van der Waals surface area contributed by atoms with Crippen molar-refractivity contribution >= 4 is 0 Å². The van der Waals surface area contributed by atoms with Crippen molar-refractivity contribution in [3.8, 4) is 0 Å². The predicted octanol–water partition coefficient (Wildman–Crippen LogP) is 3.93. The second-order valence-corrected chi connectivity index (χ2v) is 9.17. The lowest BCUT2D eigenvalue weighted by Gasteiger charge is -2.50. The molecule has 2 saturated carbocycles. The van der Waals surface area contributed by atoms with Crippen LogP contribution in [-0.4, -0.2) is 48.1 Å². The molecule has 0 unspecified atom stereocenters. The number of hydrogen-bond acceptors (Lipinski definition) is 2. The fraction of sp³-hybridized carbons (Fsp3) is 0.905. The van der Waals surface area contributed by atoms with Gasteiger partial charge in [0.15, 0.2) is 0 Å². The summed E-state index contributed by atoms with van der Waals surface area (Å²) < 4.78 is 0. The van der Waals surface area contributed by atoms with Gasteiger partial charge in [0.05, 0.1) is 0 Å². The van der Waals surface area contributed by atoms with Crippen molar-refractivity contribution in [1.82, 2.24) is 9.80 Å². The van der Waals surface area contributed by atoms with Gasteiger partial charge in [-0.1, -0.05) is 31.4 Å². The first-order valence-corrected chi connectivity index (χ1v) is 10.5. The van der Waals surface area contributed by atoms with Crippen LogP contribution in [0.1, 0.15) is 57.8 Å². The average Bonchev–Trinajstić information content (AvgIpc) is 3.31. The summed E-state index contributed by atoms with van der Waals surface area (Å²) in [5, 5.41) is 0. The first-order chi connectivity index (χ1) is 11.4. The monoisotopic (exact) mass is 314 g/mol. The summed E-state index contributed by atoms with van der Waals surface area (Å²) in [6.45, 7) is 5.51. The van der Waals surface area contributed by atoms with Gasteiger partial charge in [0.2, 0.25) is 0 Å². The minimum atomic E-state index is 0.898. The van der Waals surface area contributed by atoms with Crippen molar-refractivity contribution in [3.63, 3.8) is 0 Å². The third-order valence-corrected chi connectivity index (χ3v) is 7.92. The van der Waals surface area contributed by atoms with Crippen molar-refractivity contribution in [3.05, 3.63) is 12.2 Å². The number of fused-ring (bicyclic) bond motifs is 3. The number of allylic oxidation sites excluding steroid dienone is 2. The van der Waals surface area contributed by atoms with Crippen LogP contribution in [0.15, 0.2) is 12.2 Å². The molecule has 2 saturated heterocycles. The van der Waals surface area contributed by atoms with Crippen LogP contribution in [0.4, 0.5) is 0 Å². The summed E-state index contributed by atoms with van der Waals surface area (Å²) in [5.74, 6) is 3.84. The van der Waals surface area contributed by atoms with E-state index in [2.05, 4.69) is 22.0 Å².